The van der Waals surface area contributed by atoms with Crippen LogP contribution in [-0.4, -0.2) is 31.0 Å². The van der Waals surface area contributed by atoms with Crippen LogP contribution in [0.3, 0.4) is 0 Å². The Hall–Kier alpha value is -2.57. The molecule has 2 atom stereocenters. The van der Waals surface area contributed by atoms with E-state index in [1.807, 2.05) is 43.3 Å². The third-order valence-corrected chi connectivity index (χ3v) is 4.84. The summed E-state index contributed by atoms with van der Waals surface area (Å²) in [4.78, 5) is 16.8. The molecule has 0 spiro atoms. The number of hydrogen-bond donors (Lipinski definition) is 3. The van der Waals surface area contributed by atoms with Crippen molar-refractivity contribution in [1.82, 2.24) is 5.32 Å². The number of alkyl carbamates (subject to hydrolysis) is 1. The summed E-state index contributed by atoms with van der Waals surface area (Å²) in [6, 6.07) is 20.3. The number of carbonyl (C=O) groups excluding carboxylic acids is 1. The van der Waals surface area contributed by atoms with E-state index < -0.39 is 6.09 Å². The molecule has 0 aliphatic heterocycles. The van der Waals surface area contributed by atoms with Gasteiger partial charge in [-0.3, -0.25) is 4.99 Å². The number of nitrogens with zero attached hydrogens (tertiary/aromatic N) is 1. The number of nitrogens with two attached hydrogens (primary N) is 1. The van der Waals surface area contributed by atoms with Crippen molar-refractivity contribution >= 4 is 24.9 Å². The molecule has 0 aromatic heterocycles. The van der Waals surface area contributed by atoms with Crippen molar-refractivity contribution in [2.24, 2.45) is 10.7 Å². The molecule has 0 radical (unpaired) electrons. The van der Waals surface area contributed by atoms with Crippen LogP contribution in [0.5, 0.6) is 0 Å². The molecule has 0 unspecified atom stereocenters. The number of carbonyl (C=O) groups is 1. The Morgan fingerprint density at radius 1 is 1.07 bits per heavy atom. The van der Waals surface area contributed by atoms with Crippen molar-refractivity contribution in [1.29, 1.82) is 0 Å². The monoisotopic (exact) mass is 425 g/mol. The molecule has 5 nitrogen and oxygen atoms in total. The number of rotatable bonds is 11. The van der Waals surface area contributed by atoms with Crippen LogP contribution in [-0.2, 0) is 17.6 Å². The predicted molar refractivity (Wildman–Crippen MR) is 127 cm³/mol. The van der Waals surface area contributed by atoms with Crippen molar-refractivity contribution in [3.63, 3.8) is 0 Å². The summed E-state index contributed by atoms with van der Waals surface area (Å²) in [5.41, 5.74) is 8.73. The van der Waals surface area contributed by atoms with Crippen molar-refractivity contribution in [2.45, 2.75) is 44.7 Å². The largest absolute Gasteiger partial charge is 0.444 e. The van der Waals surface area contributed by atoms with Gasteiger partial charge in [-0.05, 0) is 43.7 Å². The van der Waals surface area contributed by atoms with E-state index in [9.17, 15) is 4.79 Å². The number of thiol groups is 1. The third-order valence-electron chi connectivity index (χ3n) is 4.60. The van der Waals surface area contributed by atoms with E-state index in [1.165, 1.54) is 5.56 Å². The number of amides is 1. The van der Waals surface area contributed by atoms with Gasteiger partial charge in [-0.1, -0.05) is 60.7 Å². The van der Waals surface area contributed by atoms with Crippen molar-refractivity contribution in [3.05, 3.63) is 82.9 Å². The number of ether oxygens (including phenoxy) is 1. The van der Waals surface area contributed by atoms with Gasteiger partial charge in [0.15, 0.2) is 0 Å². The molecule has 0 saturated carbocycles. The van der Waals surface area contributed by atoms with E-state index in [2.05, 4.69) is 47.2 Å². The Labute approximate surface area is 184 Å². The summed E-state index contributed by atoms with van der Waals surface area (Å²) >= 11 is 4.25. The standard InChI is InChI=1S/C24H31N3O2S/c1-2-26-17-23(30)18-29-24(28)27-22(16-20-11-7-4-8-12-20)14-13-21(25)15-19-9-5-3-6-10-19/h2-12,17,21-22,30H,13-16,18,25H2,1H3,(H,27,28)/b23-17-,26-2?/t21-,22-/m1/s1. The highest BCUT2D eigenvalue weighted by molar-refractivity contribution is 7.84. The SMILES string of the molecule is CC=N/C=C(\S)COC(=O)N[C@H](CC[C@@H](N)Cc1ccccc1)Cc1ccccc1. The van der Waals surface area contributed by atoms with Crippen LogP contribution in [0.1, 0.15) is 30.9 Å². The number of nitrogens with one attached hydrogen (secondary N) is 1. The van der Waals surface area contributed by atoms with Gasteiger partial charge in [0.2, 0.25) is 0 Å². The Morgan fingerprint density at radius 2 is 1.67 bits per heavy atom. The summed E-state index contributed by atoms with van der Waals surface area (Å²) < 4.78 is 5.27. The van der Waals surface area contributed by atoms with Gasteiger partial charge in [-0.2, -0.15) is 0 Å². The summed E-state index contributed by atoms with van der Waals surface area (Å²) in [5.74, 6) is 0. The average molecular weight is 426 g/mol. The fourth-order valence-electron chi connectivity index (χ4n) is 3.10. The summed E-state index contributed by atoms with van der Waals surface area (Å²) in [7, 11) is 0. The maximum Gasteiger partial charge on any atom is 0.407 e. The van der Waals surface area contributed by atoms with Crippen LogP contribution < -0.4 is 11.1 Å². The first-order valence-electron chi connectivity index (χ1n) is 10.2. The van der Waals surface area contributed by atoms with Crippen LogP contribution >= 0.6 is 12.6 Å². The minimum atomic E-state index is -0.465. The molecule has 0 aliphatic rings. The minimum absolute atomic E-state index is 0.0300. The van der Waals surface area contributed by atoms with Crippen LogP contribution in [0.4, 0.5) is 4.79 Å². The molecular formula is C24H31N3O2S. The first-order valence-corrected chi connectivity index (χ1v) is 10.6. The molecule has 2 aromatic rings. The highest BCUT2D eigenvalue weighted by Crippen LogP contribution is 2.12. The average Bonchev–Trinajstić information content (AvgIpc) is 2.76. The third kappa shape index (κ3) is 9.76. The molecule has 0 bridgehead atoms. The summed E-state index contributed by atoms with van der Waals surface area (Å²) in [6.45, 7) is 1.89. The molecule has 0 heterocycles. The molecule has 0 aliphatic carbocycles. The van der Waals surface area contributed by atoms with Crippen molar-refractivity contribution in [3.8, 4) is 0 Å². The van der Waals surface area contributed by atoms with Crippen LogP contribution in [0.25, 0.3) is 0 Å². The molecule has 0 saturated heterocycles. The zero-order valence-electron chi connectivity index (χ0n) is 17.4. The van der Waals surface area contributed by atoms with Gasteiger partial charge >= 0.3 is 6.09 Å². The highest BCUT2D eigenvalue weighted by atomic mass is 32.1. The van der Waals surface area contributed by atoms with E-state index in [1.54, 1.807) is 12.4 Å². The molecule has 2 aromatic carbocycles. The summed E-state index contributed by atoms with van der Waals surface area (Å²) in [5, 5.41) is 2.98. The van der Waals surface area contributed by atoms with Gasteiger partial charge in [0, 0.05) is 29.4 Å². The zero-order chi connectivity index (χ0) is 21.6. The number of aliphatic imine (C=N–C) groups is 1. The maximum absolute atomic E-state index is 12.3. The minimum Gasteiger partial charge on any atom is -0.444 e. The molecule has 160 valence electrons. The summed E-state index contributed by atoms with van der Waals surface area (Å²) in [6.07, 6.45) is 5.84. The second-order valence-corrected chi connectivity index (χ2v) is 7.74. The fourth-order valence-corrected chi connectivity index (χ4v) is 3.23. The van der Waals surface area contributed by atoms with E-state index in [0.29, 0.717) is 4.91 Å². The molecule has 30 heavy (non-hydrogen) atoms. The molecule has 0 fully saturated rings. The van der Waals surface area contributed by atoms with Gasteiger partial charge in [-0.25, -0.2) is 4.79 Å². The van der Waals surface area contributed by atoms with E-state index in [0.717, 1.165) is 31.2 Å². The second-order valence-electron chi connectivity index (χ2n) is 7.16. The Kier molecular flexibility index (Phi) is 10.8. The Morgan fingerprint density at radius 3 is 2.27 bits per heavy atom. The number of benzene rings is 2. The lowest BCUT2D eigenvalue weighted by Gasteiger charge is -2.21. The van der Waals surface area contributed by atoms with Crippen molar-refractivity contribution < 1.29 is 9.53 Å². The number of hydrogen-bond acceptors (Lipinski definition) is 5. The fraction of sp³-hybridized carbons (Fsp3) is 0.333. The quantitative estimate of drug-likeness (QED) is 0.365. The smallest absolute Gasteiger partial charge is 0.407 e. The molecule has 3 N–H and O–H groups in total. The van der Waals surface area contributed by atoms with Gasteiger partial charge in [0.25, 0.3) is 0 Å². The van der Waals surface area contributed by atoms with E-state index in [4.69, 9.17) is 10.5 Å². The van der Waals surface area contributed by atoms with Crippen LogP contribution in [0, 0.1) is 0 Å². The maximum atomic E-state index is 12.3. The van der Waals surface area contributed by atoms with E-state index >= 15 is 0 Å². The lowest BCUT2D eigenvalue weighted by Crippen LogP contribution is -2.38. The first-order chi connectivity index (χ1) is 14.6. The molecule has 6 heteroatoms. The Balaban J connectivity index is 1.90. The topological polar surface area (TPSA) is 76.7 Å². The van der Waals surface area contributed by atoms with Gasteiger partial charge < -0.3 is 15.8 Å². The van der Waals surface area contributed by atoms with Gasteiger partial charge in [-0.15, -0.1) is 12.6 Å². The first kappa shape index (κ1) is 23.7. The normalized spacial score (nSPS) is 13.8. The molecular weight excluding hydrogens is 394 g/mol. The lowest BCUT2D eigenvalue weighted by atomic mass is 9.96. The van der Waals surface area contributed by atoms with Crippen LogP contribution in [0.2, 0.25) is 0 Å². The predicted octanol–water partition coefficient (Wildman–Crippen LogP) is 4.54. The van der Waals surface area contributed by atoms with Gasteiger partial charge in [0.1, 0.15) is 6.61 Å². The molecule has 2 rings (SSSR count). The van der Waals surface area contributed by atoms with Crippen LogP contribution in [0.15, 0.2) is 76.8 Å². The Bertz CT molecular complexity index is 810. The van der Waals surface area contributed by atoms with E-state index in [-0.39, 0.29) is 18.7 Å². The van der Waals surface area contributed by atoms with Crippen molar-refractivity contribution in [2.75, 3.05) is 6.61 Å². The van der Waals surface area contributed by atoms with Gasteiger partial charge in [0.05, 0.1) is 0 Å². The lowest BCUT2D eigenvalue weighted by molar-refractivity contribution is 0.152. The molecule has 1 amide bonds. The highest BCUT2D eigenvalue weighted by Gasteiger charge is 2.16. The zero-order valence-corrected chi connectivity index (χ0v) is 18.3. The second kappa shape index (κ2) is 13.6.